The number of carbonyl (C=O) groups excluding carboxylic acids is 2. The van der Waals surface area contributed by atoms with Crippen molar-refractivity contribution in [2.24, 2.45) is 7.05 Å². The molecule has 12 heteroatoms. The first-order chi connectivity index (χ1) is 14.7. The van der Waals surface area contributed by atoms with Crippen molar-refractivity contribution in [1.29, 1.82) is 0 Å². The van der Waals surface area contributed by atoms with E-state index in [1.165, 1.54) is 16.8 Å². The number of nitrogens with zero attached hydrogens (tertiary/aromatic N) is 6. The second kappa shape index (κ2) is 7.93. The first-order valence-electron chi connectivity index (χ1n) is 9.68. The summed E-state index contributed by atoms with van der Waals surface area (Å²) in [6, 6.07) is 1.11. The molecule has 4 rings (SSSR count). The van der Waals surface area contributed by atoms with Crippen LogP contribution in [0.25, 0.3) is 0 Å². The maximum absolute atomic E-state index is 12.9. The molecule has 4 heterocycles. The highest BCUT2D eigenvalue weighted by Gasteiger charge is 2.31. The molecular weight excluding hydrogens is 410 g/mol. The molecule has 0 fully saturated rings. The second-order valence-corrected chi connectivity index (χ2v) is 7.56. The second-order valence-electron chi connectivity index (χ2n) is 7.56. The lowest BCUT2D eigenvalue weighted by Gasteiger charge is -2.27. The van der Waals surface area contributed by atoms with Crippen LogP contribution >= 0.6 is 0 Å². The van der Waals surface area contributed by atoms with Crippen molar-refractivity contribution >= 4 is 11.8 Å². The molecule has 3 aromatic rings. The molecule has 0 spiro atoms. The molecule has 164 valence electrons. The molecule has 0 unspecified atom stereocenters. The SMILES string of the molecule is Cc1cnc(CN(C)C(=O)c2n[nH]c3c2CCN(C(=O)c2cc(C(F)F)nn2C)C3)[nH]1. The summed E-state index contributed by atoms with van der Waals surface area (Å²) >= 11 is 0. The molecule has 31 heavy (non-hydrogen) atoms. The number of alkyl halides is 2. The number of nitrogens with one attached hydrogen (secondary N) is 2. The third-order valence-electron chi connectivity index (χ3n) is 5.25. The summed E-state index contributed by atoms with van der Waals surface area (Å²) in [5, 5.41) is 10.7. The summed E-state index contributed by atoms with van der Waals surface area (Å²) in [6.07, 6.45) is -0.627. The number of imidazole rings is 1. The van der Waals surface area contributed by atoms with E-state index in [4.69, 9.17) is 0 Å². The monoisotopic (exact) mass is 432 g/mol. The standard InChI is InChI=1S/C19H22F2N8O2/c1-10-7-22-15(23-10)9-27(2)19(31)16-11-4-5-29(8-13(11)24-25-16)18(30)14-6-12(17(20)21)26-28(14)3/h6-7,17H,4-5,8-9H2,1-3H3,(H,22,23)(H,24,25). The van der Waals surface area contributed by atoms with Gasteiger partial charge < -0.3 is 14.8 Å². The lowest BCUT2D eigenvalue weighted by atomic mass is 10.0. The third-order valence-corrected chi connectivity index (χ3v) is 5.25. The minimum atomic E-state index is -2.75. The Hall–Kier alpha value is -3.57. The van der Waals surface area contributed by atoms with E-state index in [0.29, 0.717) is 36.7 Å². The molecule has 0 aliphatic carbocycles. The van der Waals surface area contributed by atoms with Gasteiger partial charge in [-0.05, 0) is 19.4 Å². The fourth-order valence-corrected chi connectivity index (χ4v) is 3.65. The molecule has 0 saturated heterocycles. The van der Waals surface area contributed by atoms with E-state index in [-0.39, 0.29) is 18.1 Å². The van der Waals surface area contributed by atoms with Crippen LogP contribution in [0, 0.1) is 6.92 Å². The number of aryl methyl sites for hydroxylation is 2. The van der Waals surface area contributed by atoms with Crippen LogP contribution in [0.5, 0.6) is 0 Å². The van der Waals surface area contributed by atoms with Gasteiger partial charge in [-0.3, -0.25) is 19.4 Å². The summed E-state index contributed by atoms with van der Waals surface area (Å²) in [6.45, 7) is 2.73. The van der Waals surface area contributed by atoms with E-state index >= 15 is 0 Å². The number of aromatic nitrogens is 6. The van der Waals surface area contributed by atoms with Crippen LogP contribution in [0.3, 0.4) is 0 Å². The third kappa shape index (κ3) is 3.92. The molecule has 0 aromatic carbocycles. The van der Waals surface area contributed by atoms with Crippen LogP contribution in [0.2, 0.25) is 0 Å². The van der Waals surface area contributed by atoms with Crippen LogP contribution in [0.1, 0.15) is 55.9 Å². The van der Waals surface area contributed by atoms with Crippen molar-refractivity contribution in [1.82, 2.24) is 39.7 Å². The normalized spacial score (nSPS) is 13.5. The Bertz CT molecular complexity index is 1130. The predicted octanol–water partition coefficient (Wildman–Crippen LogP) is 1.58. The highest BCUT2D eigenvalue weighted by molar-refractivity contribution is 5.95. The molecule has 0 saturated carbocycles. The summed E-state index contributed by atoms with van der Waals surface area (Å²) in [5.41, 5.74) is 2.28. The maximum Gasteiger partial charge on any atom is 0.282 e. The van der Waals surface area contributed by atoms with Gasteiger partial charge in [0.05, 0.1) is 18.8 Å². The van der Waals surface area contributed by atoms with Gasteiger partial charge in [0.25, 0.3) is 18.2 Å². The fraction of sp³-hybridized carbons (Fsp3) is 0.421. The molecule has 1 aliphatic rings. The van der Waals surface area contributed by atoms with Gasteiger partial charge in [-0.2, -0.15) is 10.2 Å². The predicted molar refractivity (Wildman–Crippen MR) is 104 cm³/mol. The number of hydrogen-bond acceptors (Lipinski definition) is 5. The van der Waals surface area contributed by atoms with Crippen molar-refractivity contribution in [3.8, 4) is 0 Å². The molecule has 3 aromatic heterocycles. The molecule has 0 radical (unpaired) electrons. The molecule has 0 bridgehead atoms. The molecule has 10 nitrogen and oxygen atoms in total. The number of H-pyrrole nitrogens is 2. The Labute approximate surface area is 176 Å². The molecular formula is C19H22F2N8O2. The van der Waals surface area contributed by atoms with Crippen molar-refractivity contribution in [3.63, 3.8) is 0 Å². The lowest BCUT2D eigenvalue weighted by Crippen LogP contribution is -2.37. The van der Waals surface area contributed by atoms with Crippen molar-refractivity contribution in [2.75, 3.05) is 13.6 Å². The first kappa shape index (κ1) is 20.7. The van der Waals surface area contributed by atoms with Crippen molar-refractivity contribution in [2.45, 2.75) is 32.9 Å². The Morgan fingerprint density at radius 2 is 2.13 bits per heavy atom. The van der Waals surface area contributed by atoms with E-state index in [1.807, 2.05) is 6.92 Å². The van der Waals surface area contributed by atoms with Crippen LogP contribution in [-0.2, 0) is 26.6 Å². The number of carbonyl (C=O) groups is 2. The maximum atomic E-state index is 12.9. The van der Waals surface area contributed by atoms with Gasteiger partial charge in [-0.15, -0.1) is 0 Å². The Kier molecular flexibility index (Phi) is 5.29. The summed E-state index contributed by atoms with van der Waals surface area (Å²) in [4.78, 5) is 36.0. The molecule has 0 atom stereocenters. The summed E-state index contributed by atoms with van der Waals surface area (Å²) in [7, 11) is 3.13. The largest absolute Gasteiger partial charge is 0.345 e. The van der Waals surface area contributed by atoms with E-state index in [2.05, 4.69) is 25.3 Å². The highest BCUT2D eigenvalue weighted by atomic mass is 19.3. The number of rotatable bonds is 5. The number of aromatic amines is 2. The number of amides is 2. The zero-order valence-corrected chi connectivity index (χ0v) is 17.3. The molecule has 2 amide bonds. The zero-order chi connectivity index (χ0) is 22.3. The van der Waals surface area contributed by atoms with Gasteiger partial charge in [0.2, 0.25) is 0 Å². The molecule has 2 N–H and O–H groups in total. The van der Waals surface area contributed by atoms with E-state index < -0.39 is 18.0 Å². The number of hydrogen-bond donors (Lipinski definition) is 2. The van der Waals surface area contributed by atoms with E-state index in [1.54, 1.807) is 13.2 Å². The van der Waals surface area contributed by atoms with Gasteiger partial charge in [0.15, 0.2) is 5.69 Å². The van der Waals surface area contributed by atoms with Gasteiger partial charge in [0.1, 0.15) is 17.2 Å². The fourth-order valence-electron chi connectivity index (χ4n) is 3.65. The Balaban J connectivity index is 1.48. The highest BCUT2D eigenvalue weighted by Crippen LogP contribution is 2.24. The Morgan fingerprint density at radius 3 is 2.77 bits per heavy atom. The van der Waals surface area contributed by atoms with Crippen LogP contribution in [0.4, 0.5) is 8.78 Å². The first-order valence-corrected chi connectivity index (χ1v) is 9.68. The van der Waals surface area contributed by atoms with Crippen molar-refractivity contribution in [3.05, 3.63) is 52.1 Å². The number of halogens is 2. The van der Waals surface area contributed by atoms with Gasteiger partial charge in [-0.25, -0.2) is 13.8 Å². The topological polar surface area (TPSA) is 116 Å². The van der Waals surface area contributed by atoms with E-state index in [0.717, 1.165) is 22.0 Å². The minimum Gasteiger partial charge on any atom is -0.345 e. The lowest BCUT2D eigenvalue weighted by molar-refractivity contribution is 0.0721. The molecule has 1 aliphatic heterocycles. The van der Waals surface area contributed by atoms with Crippen molar-refractivity contribution < 1.29 is 18.4 Å². The summed E-state index contributed by atoms with van der Waals surface area (Å²) < 4.78 is 26.9. The van der Waals surface area contributed by atoms with Gasteiger partial charge in [-0.1, -0.05) is 0 Å². The van der Waals surface area contributed by atoms with E-state index in [9.17, 15) is 18.4 Å². The van der Waals surface area contributed by atoms with Crippen LogP contribution < -0.4 is 0 Å². The zero-order valence-electron chi connectivity index (χ0n) is 17.3. The average molecular weight is 432 g/mol. The van der Waals surface area contributed by atoms with Gasteiger partial charge >= 0.3 is 0 Å². The Morgan fingerprint density at radius 1 is 1.35 bits per heavy atom. The quantitative estimate of drug-likeness (QED) is 0.635. The van der Waals surface area contributed by atoms with Crippen LogP contribution in [0.15, 0.2) is 12.3 Å². The minimum absolute atomic E-state index is 0.0861. The summed E-state index contributed by atoms with van der Waals surface area (Å²) in [5.74, 6) is 0.0220. The van der Waals surface area contributed by atoms with Gasteiger partial charge in [0, 0.05) is 38.1 Å². The van der Waals surface area contributed by atoms with Crippen LogP contribution in [-0.4, -0.2) is 65.2 Å². The average Bonchev–Trinajstić information content (AvgIpc) is 3.44. The smallest absolute Gasteiger partial charge is 0.282 e. The number of fused-ring (bicyclic) bond motifs is 1.